The summed E-state index contributed by atoms with van der Waals surface area (Å²) in [4.78, 5) is 13.7. The molecular formula is C8H10Cl2N4O. The third-order valence-electron chi connectivity index (χ3n) is 2.33. The normalized spacial score (nSPS) is 21.0. The van der Waals surface area contributed by atoms with Crippen LogP contribution < -0.4 is 4.90 Å². The molecular weight excluding hydrogens is 239 g/mol. The Bertz CT molecular complexity index is 342. The van der Waals surface area contributed by atoms with Gasteiger partial charge in [-0.2, -0.15) is 15.0 Å². The van der Waals surface area contributed by atoms with Crippen LogP contribution >= 0.6 is 23.2 Å². The number of rotatable bonds is 2. The van der Waals surface area contributed by atoms with E-state index in [1.807, 2.05) is 4.90 Å². The Morgan fingerprint density at radius 2 is 1.93 bits per heavy atom. The van der Waals surface area contributed by atoms with Crippen molar-refractivity contribution in [1.29, 1.82) is 0 Å². The largest absolute Gasteiger partial charge is 0.380 e. The average molecular weight is 249 g/mol. The predicted molar refractivity (Wildman–Crippen MR) is 57.5 cm³/mol. The maximum absolute atomic E-state index is 5.69. The van der Waals surface area contributed by atoms with Crippen molar-refractivity contribution in [1.82, 2.24) is 15.0 Å². The zero-order valence-electron chi connectivity index (χ0n) is 8.15. The molecule has 0 radical (unpaired) electrons. The van der Waals surface area contributed by atoms with E-state index in [0.29, 0.717) is 5.95 Å². The van der Waals surface area contributed by atoms with Crippen molar-refractivity contribution >= 4 is 29.2 Å². The fourth-order valence-electron chi connectivity index (χ4n) is 1.56. The third-order valence-corrected chi connectivity index (χ3v) is 2.67. The zero-order valence-corrected chi connectivity index (χ0v) is 9.66. The molecule has 0 aromatic carbocycles. The molecule has 1 aliphatic rings. The van der Waals surface area contributed by atoms with E-state index in [1.165, 1.54) is 0 Å². The molecule has 1 aromatic rings. The van der Waals surface area contributed by atoms with Crippen molar-refractivity contribution in [2.75, 3.05) is 25.1 Å². The Kier molecular flexibility index (Phi) is 3.23. The Hall–Kier alpha value is -0.650. The van der Waals surface area contributed by atoms with Gasteiger partial charge in [0.25, 0.3) is 0 Å². The first-order chi connectivity index (χ1) is 7.19. The van der Waals surface area contributed by atoms with Gasteiger partial charge in [-0.1, -0.05) is 0 Å². The number of nitrogens with zero attached hydrogens (tertiary/aromatic N) is 4. The Morgan fingerprint density at radius 3 is 2.47 bits per heavy atom. The molecule has 0 saturated carbocycles. The molecule has 2 heterocycles. The second-order valence-electron chi connectivity index (χ2n) is 3.27. The van der Waals surface area contributed by atoms with Crippen LogP contribution in [-0.2, 0) is 4.74 Å². The highest BCUT2D eigenvalue weighted by Crippen LogP contribution is 2.19. The van der Waals surface area contributed by atoms with Crippen molar-refractivity contribution < 1.29 is 4.74 Å². The van der Waals surface area contributed by atoms with E-state index in [1.54, 1.807) is 7.11 Å². The first kappa shape index (κ1) is 10.9. The van der Waals surface area contributed by atoms with Gasteiger partial charge in [0.05, 0.1) is 6.10 Å². The molecule has 0 amide bonds. The van der Waals surface area contributed by atoms with Crippen LogP contribution in [0.3, 0.4) is 0 Å². The van der Waals surface area contributed by atoms with Gasteiger partial charge in [0.15, 0.2) is 0 Å². The van der Waals surface area contributed by atoms with Crippen LogP contribution in [0, 0.1) is 0 Å². The van der Waals surface area contributed by atoms with Gasteiger partial charge in [-0.25, -0.2) is 0 Å². The van der Waals surface area contributed by atoms with E-state index < -0.39 is 0 Å². The van der Waals surface area contributed by atoms with Crippen molar-refractivity contribution in [2.45, 2.75) is 12.5 Å². The molecule has 0 bridgehead atoms. The smallest absolute Gasteiger partial charge is 0.231 e. The van der Waals surface area contributed by atoms with Crippen LogP contribution in [0.1, 0.15) is 6.42 Å². The van der Waals surface area contributed by atoms with E-state index >= 15 is 0 Å². The quantitative estimate of drug-likeness (QED) is 0.793. The van der Waals surface area contributed by atoms with Gasteiger partial charge in [-0.05, 0) is 29.6 Å². The number of hydrogen-bond donors (Lipinski definition) is 0. The van der Waals surface area contributed by atoms with Crippen LogP contribution in [0.25, 0.3) is 0 Å². The van der Waals surface area contributed by atoms with E-state index in [9.17, 15) is 0 Å². The van der Waals surface area contributed by atoms with Crippen LogP contribution in [0.15, 0.2) is 0 Å². The number of aromatic nitrogens is 3. The first-order valence-electron chi connectivity index (χ1n) is 4.54. The Morgan fingerprint density at radius 1 is 1.27 bits per heavy atom. The molecule has 5 nitrogen and oxygen atoms in total. The molecule has 0 spiro atoms. The summed E-state index contributed by atoms with van der Waals surface area (Å²) in [6.45, 7) is 1.60. The maximum atomic E-state index is 5.69. The lowest BCUT2D eigenvalue weighted by Crippen LogP contribution is -2.24. The molecule has 1 saturated heterocycles. The van der Waals surface area contributed by atoms with Gasteiger partial charge in [0, 0.05) is 20.2 Å². The lowest BCUT2D eigenvalue weighted by Gasteiger charge is -2.15. The van der Waals surface area contributed by atoms with Gasteiger partial charge in [0.2, 0.25) is 16.5 Å². The molecule has 1 fully saturated rings. The van der Waals surface area contributed by atoms with Crippen molar-refractivity contribution in [3.05, 3.63) is 10.6 Å². The third kappa shape index (κ3) is 2.48. The number of ether oxygens (including phenoxy) is 1. The Balaban J connectivity index is 2.16. The summed E-state index contributed by atoms with van der Waals surface area (Å²) in [6.07, 6.45) is 1.18. The SMILES string of the molecule is COC1CCN(c2nc(Cl)nc(Cl)n2)C1. The summed E-state index contributed by atoms with van der Waals surface area (Å²) in [5.74, 6) is 0.513. The van der Waals surface area contributed by atoms with Gasteiger partial charge in [-0.15, -0.1) is 0 Å². The molecule has 1 aromatic heterocycles. The highest BCUT2D eigenvalue weighted by molar-refractivity contribution is 6.31. The summed E-state index contributed by atoms with van der Waals surface area (Å²) in [5.41, 5.74) is 0. The predicted octanol–water partition coefficient (Wildman–Crippen LogP) is 1.40. The van der Waals surface area contributed by atoms with Crippen LogP contribution in [0.4, 0.5) is 5.95 Å². The maximum Gasteiger partial charge on any atom is 0.231 e. The zero-order chi connectivity index (χ0) is 10.8. The second kappa shape index (κ2) is 4.47. The highest BCUT2D eigenvalue weighted by atomic mass is 35.5. The molecule has 1 atom stereocenters. The number of halogens is 2. The highest BCUT2D eigenvalue weighted by Gasteiger charge is 2.24. The molecule has 1 aliphatic heterocycles. The van der Waals surface area contributed by atoms with E-state index in [0.717, 1.165) is 19.5 Å². The molecule has 2 rings (SSSR count). The van der Waals surface area contributed by atoms with Crippen molar-refractivity contribution in [3.8, 4) is 0 Å². The van der Waals surface area contributed by atoms with Crippen LogP contribution in [0.2, 0.25) is 10.6 Å². The lowest BCUT2D eigenvalue weighted by molar-refractivity contribution is 0.121. The van der Waals surface area contributed by atoms with Gasteiger partial charge >= 0.3 is 0 Å². The van der Waals surface area contributed by atoms with E-state index in [4.69, 9.17) is 27.9 Å². The summed E-state index contributed by atoms with van der Waals surface area (Å²) in [5, 5.41) is 0.233. The van der Waals surface area contributed by atoms with Crippen LogP contribution in [-0.4, -0.2) is 41.3 Å². The minimum atomic E-state index is 0.117. The van der Waals surface area contributed by atoms with E-state index in [2.05, 4.69) is 15.0 Å². The minimum Gasteiger partial charge on any atom is -0.380 e. The number of methoxy groups -OCH3 is 1. The second-order valence-corrected chi connectivity index (χ2v) is 3.94. The molecule has 15 heavy (non-hydrogen) atoms. The molecule has 7 heteroatoms. The molecule has 1 unspecified atom stereocenters. The fraction of sp³-hybridized carbons (Fsp3) is 0.625. The standard InChI is InChI=1S/C8H10Cl2N4O/c1-15-5-2-3-14(4-5)8-12-6(9)11-7(10)13-8/h5H,2-4H2,1H3. The summed E-state index contributed by atoms with van der Waals surface area (Å²) < 4.78 is 5.24. The Labute approximate surface area is 97.4 Å². The minimum absolute atomic E-state index is 0.117. The monoisotopic (exact) mass is 248 g/mol. The van der Waals surface area contributed by atoms with Gasteiger partial charge in [-0.3, -0.25) is 0 Å². The van der Waals surface area contributed by atoms with Gasteiger partial charge in [0.1, 0.15) is 0 Å². The lowest BCUT2D eigenvalue weighted by atomic mass is 10.3. The van der Waals surface area contributed by atoms with E-state index in [-0.39, 0.29) is 16.7 Å². The topological polar surface area (TPSA) is 51.1 Å². The summed E-state index contributed by atoms with van der Waals surface area (Å²) in [6, 6.07) is 0. The summed E-state index contributed by atoms with van der Waals surface area (Å²) >= 11 is 11.4. The van der Waals surface area contributed by atoms with Crippen molar-refractivity contribution in [3.63, 3.8) is 0 Å². The molecule has 0 N–H and O–H groups in total. The average Bonchev–Trinajstić information content (AvgIpc) is 2.64. The number of anilines is 1. The summed E-state index contributed by atoms with van der Waals surface area (Å²) in [7, 11) is 1.70. The molecule has 0 aliphatic carbocycles. The van der Waals surface area contributed by atoms with Crippen LogP contribution in [0.5, 0.6) is 0 Å². The number of hydrogen-bond acceptors (Lipinski definition) is 5. The van der Waals surface area contributed by atoms with Gasteiger partial charge < -0.3 is 9.64 Å². The fourth-order valence-corrected chi connectivity index (χ4v) is 1.91. The molecule has 82 valence electrons. The first-order valence-corrected chi connectivity index (χ1v) is 5.29. The van der Waals surface area contributed by atoms with Crippen molar-refractivity contribution in [2.24, 2.45) is 0 Å².